The van der Waals surface area contributed by atoms with Crippen molar-refractivity contribution in [3.05, 3.63) is 59.4 Å². The molecule has 28 heavy (non-hydrogen) atoms. The third-order valence-corrected chi connectivity index (χ3v) is 4.67. The van der Waals surface area contributed by atoms with Crippen LogP contribution in [0.1, 0.15) is 11.1 Å². The fraction of sp³-hybridized carbons (Fsp3) is 0.188. The van der Waals surface area contributed by atoms with Crippen LogP contribution in [0.4, 0.5) is 46.5 Å². The molecule has 149 valence electrons. The quantitative estimate of drug-likeness (QED) is 0.287. The third kappa shape index (κ3) is 4.82. The SMILES string of the molecule is Nc1cccc([C](=[W])Nc2[c-]cc(C(F)(C(F)(F)F)C(F)(F)F)cc2)c1F.[Y]. The van der Waals surface area contributed by atoms with E-state index in [9.17, 15) is 35.1 Å². The minimum Gasteiger partial charge on any atom is 0 e. The van der Waals surface area contributed by atoms with Crippen LogP contribution >= 0.6 is 0 Å². The molecule has 0 bridgehead atoms. The smallest absolute Gasteiger partial charge is 0 e. The number of hydrogen-bond acceptors (Lipinski definition) is 2. The molecule has 0 unspecified atom stereocenters. The van der Waals surface area contributed by atoms with Gasteiger partial charge in [-0.2, -0.15) is 0 Å². The first kappa shape index (κ1) is 25.2. The molecule has 0 aromatic heterocycles. The van der Waals surface area contributed by atoms with Gasteiger partial charge in [0.2, 0.25) is 0 Å². The first-order chi connectivity index (χ1) is 12.3. The van der Waals surface area contributed by atoms with Crippen molar-refractivity contribution in [2.45, 2.75) is 18.0 Å². The van der Waals surface area contributed by atoms with E-state index in [0.29, 0.717) is 25.4 Å². The molecule has 0 fully saturated rings. The van der Waals surface area contributed by atoms with Gasteiger partial charge >= 0.3 is 158 Å². The van der Waals surface area contributed by atoms with Crippen LogP contribution < -0.4 is 11.1 Å². The Morgan fingerprint density at radius 2 is 1.54 bits per heavy atom. The van der Waals surface area contributed by atoms with Crippen LogP contribution in [0.15, 0.2) is 36.4 Å². The van der Waals surface area contributed by atoms with Gasteiger partial charge in [-0.15, -0.1) is 0 Å². The number of hydrogen-bond donors (Lipinski definition) is 2. The molecule has 3 N–H and O–H groups in total. The summed E-state index contributed by atoms with van der Waals surface area (Å²) in [6.07, 6.45) is -12.4. The van der Waals surface area contributed by atoms with E-state index in [1.54, 1.807) is 0 Å². The normalized spacial score (nSPS) is 12.3. The van der Waals surface area contributed by atoms with Crippen LogP contribution in [-0.2, 0) is 57.7 Å². The molecule has 0 atom stereocenters. The van der Waals surface area contributed by atoms with Crippen LogP contribution in [0.25, 0.3) is 0 Å². The maximum Gasteiger partial charge on any atom is 0 e. The van der Waals surface area contributed by atoms with Crippen LogP contribution in [-0.4, -0.2) is 16.4 Å². The summed E-state index contributed by atoms with van der Waals surface area (Å²) < 4.78 is 104. The van der Waals surface area contributed by atoms with Gasteiger partial charge in [0, 0.05) is 32.7 Å². The summed E-state index contributed by atoms with van der Waals surface area (Å²) in [5.74, 6) is -0.733. The Morgan fingerprint density at radius 3 is 2.00 bits per heavy atom. The molecular formula is C16H9F8N2WY-. The number of benzene rings is 2. The van der Waals surface area contributed by atoms with Crippen LogP contribution in [0.5, 0.6) is 0 Å². The monoisotopic (exact) mass is 654 g/mol. The second-order valence-electron chi connectivity index (χ2n) is 5.31. The first-order valence-electron chi connectivity index (χ1n) is 6.99. The van der Waals surface area contributed by atoms with Gasteiger partial charge in [0.15, 0.2) is 0 Å². The number of anilines is 2. The molecule has 0 saturated heterocycles. The van der Waals surface area contributed by atoms with Gasteiger partial charge in [-0.25, -0.2) is 0 Å². The van der Waals surface area contributed by atoms with E-state index in [1.807, 2.05) is 0 Å². The minimum atomic E-state index is -6.20. The molecule has 0 saturated carbocycles. The molecule has 2 rings (SSSR count). The van der Waals surface area contributed by atoms with E-state index in [2.05, 4.69) is 11.4 Å². The summed E-state index contributed by atoms with van der Waals surface area (Å²) in [5, 5.41) is 2.60. The molecule has 0 amide bonds. The molecule has 0 aliphatic heterocycles. The maximum absolute atomic E-state index is 14.0. The van der Waals surface area contributed by atoms with Gasteiger partial charge in [0.1, 0.15) is 0 Å². The largest absolute Gasteiger partial charge is 0 e. The van der Waals surface area contributed by atoms with Crippen LogP contribution in [0.2, 0.25) is 0 Å². The Balaban J connectivity index is 0.00000392. The summed E-state index contributed by atoms with van der Waals surface area (Å²) in [6, 6.07) is 7.66. The summed E-state index contributed by atoms with van der Waals surface area (Å²) in [7, 11) is 0. The Labute approximate surface area is 190 Å². The van der Waals surface area contributed by atoms with Crippen molar-refractivity contribution in [1.29, 1.82) is 0 Å². The van der Waals surface area contributed by atoms with E-state index in [1.165, 1.54) is 18.2 Å². The van der Waals surface area contributed by atoms with Gasteiger partial charge in [0.25, 0.3) is 0 Å². The molecule has 0 heterocycles. The summed E-state index contributed by atoms with van der Waals surface area (Å²) in [6.45, 7) is 0. The zero-order valence-corrected chi connectivity index (χ0v) is 19.3. The van der Waals surface area contributed by atoms with Gasteiger partial charge in [-0.1, -0.05) is 0 Å². The second kappa shape index (κ2) is 8.88. The van der Waals surface area contributed by atoms with Crippen molar-refractivity contribution in [2.24, 2.45) is 0 Å². The Hall–Kier alpha value is -0.858. The number of nitrogen functional groups attached to an aromatic ring is 1. The van der Waals surface area contributed by atoms with E-state index in [-0.39, 0.29) is 59.7 Å². The number of nitrogens with one attached hydrogen (secondary N) is 1. The molecule has 1 radical (unpaired) electrons. The molecule has 0 spiro atoms. The third-order valence-electron chi connectivity index (χ3n) is 3.51. The van der Waals surface area contributed by atoms with E-state index < -0.39 is 29.4 Å². The standard InChI is InChI=1S/C16H9F8N2.W.Y/c17-13-9(2-1-3-12(13)25)8-26-11-6-4-10(5-7-11)14(18,15(19,20)21)16(22,23)24;;/h1-6,26H,25H2;;/q-1;;. The fourth-order valence-corrected chi connectivity index (χ4v) is 3.08. The van der Waals surface area contributed by atoms with Crippen LogP contribution in [0.3, 0.4) is 0 Å². The van der Waals surface area contributed by atoms with Crippen molar-refractivity contribution in [3.63, 3.8) is 0 Å². The van der Waals surface area contributed by atoms with Gasteiger partial charge < -0.3 is 0 Å². The molecule has 12 heteroatoms. The summed E-state index contributed by atoms with van der Waals surface area (Å²) in [5.41, 5.74) is -1.89. The molecule has 2 nitrogen and oxygen atoms in total. The van der Waals surface area contributed by atoms with E-state index >= 15 is 0 Å². The zero-order chi connectivity index (χ0) is 20.6. The number of rotatable bonds is 4. The number of alkyl halides is 7. The number of halogens is 8. The van der Waals surface area contributed by atoms with Crippen LogP contribution in [0, 0.1) is 11.9 Å². The molecule has 2 aromatic rings. The molecule has 0 aliphatic rings. The van der Waals surface area contributed by atoms with E-state index in [0.717, 1.165) is 6.07 Å². The van der Waals surface area contributed by atoms with Crippen molar-refractivity contribution < 1.29 is 87.2 Å². The predicted octanol–water partition coefficient (Wildman–Crippen LogP) is 4.63. The first-order valence-corrected chi connectivity index (χ1v) is 8.45. The van der Waals surface area contributed by atoms with E-state index in [4.69, 9.17) is 5.73 Å². The molecule has 2 aromatic carbocycles. The predicted molar refractivity (Wildman–Crippen MR) is 78.7 cm³/mol. The topological polar surface area (TPSA) is 38.0 Å². The fourth-order valence-electron chi connectivity index (χ4n) is 2.12. The van der Waals surface area contributed by atoms with Crippen molar-refractivity contribution in [1.82, 2.24) is 0 Å². The van der Waals surface area contributed by atoms with Crippen molar-refractivity contribution in [2.75, 3.05) is 11.1 Å². The second-order valence-corrected chi connectivity index (χ2v) is 6.77. The Kier molecular flexibility index (Phi) is 7.98. The van der Waals surface area contributed by atoms with Crippen molar-refractivity contribution in [3.8, 4) is 0 Å². The maximum atomic E-state index is 14.0. The number of nitrogens with two attached hydrogens (primary N) is 1. The zero-order valence-electron chi connectivity index (χ0n) is 13.6. The summed E-state index contributed by atoms with van der Waals surface area (Å²) >= 11 is 0.706. The van der Waals surface area contributed by atoms with Gasteiger partial charge in [0.05, 0.1) is 0 Å². The van der Waals surface area contributed by atoms with Gasteiger partial charge in [-0.3, -0.25) is 0 Å². The summed E-state index contributed by atoms with van der Waals surface area (Å²) in [4.78, 5) is 0. The van der Waals surface area contributed by atoms with Gasteiger partial charge in [-0.05, 0) is 0 Å². The average molecular weight is 654 g/mol. The molecular weight excluding hydrogens is 645 g/mol. The Bertz CT molecular complexity index is 835. The molecule has 0 aliphatic carbocycles. The van der Waals surface area contributed by atoms with Crippen molar-refractivity contribution >= 4 is 15.4 Å². The Morgan fingerprint density at radius 1 is 0.964 bits per heavy atom. The minimum absolute atomic E-state index is 0. The average Bonchev–Trinajstić information content (AvgIpc) is 2.55.